The fourth-order valence-corrected chi connectivity index (χ4v) is 2.32. The molecule has 0 spiro atoms. The van der Waals surface area contributed by atoms with E-state index in [2.05, 4.69) is 5.92 Å². The standard InChI is InChI=1S/C8H10O/c1-2-7-3-8(4-7,5-7)6-9/h1,9H,3-6H2. The summed E-state index contributed by atoms with van der Waals surface area (Å²) in [7, 11) is 0. The van der Waals surface area contributed by atoms with E-state index in [1.165, 1.54) is 0 Å². The Labute approximate surface area is 55.1 Å². The van der Waals surface area contributed by atoms with E-state index in [0.29, 0.717) is 6.61 Å². The van der Waals surface area contributed by atoms with Crippen molar-refractivity contribution in [3.63, 3.8) is 0 Å². The summed E-state index contributed by atoms with van der Waals surface area (Å²) in [5, 5.41) is 8.82. The fourth-order valence-electron chi connectivity index (χ4n) is 2.32. The van der Waals surface area contributed by atoms with E-state index in [9.17, 15) is 0 Å². The lowest BCUT2D eigenvalue weighted by Crippen LogP contribution is -2.62. The molecule has 3 saturated carbocycles. The van der Waals surface area contributed by atoms with Crippen LogP contribution in [0.1, 0.15) is 19.3 Å². The van der Waals surface area contributed by atoms with Gasteiger partial charge < -0.3 is 5.11 Å². The van der Waals surface area contributed by atoms with E-state index < -0.39 is 0 Å². The quantitative estimate of drug-likeness (QED) is 0.509. The van der Waals surface area contributed by atoms with Crippen LogP contribution in [-0.2, 0) is 0 Å². The van der Waals surface area contributed by atoms with Crippen molar-refractivity contribution >= 4 is 0 Å². The summed E-state index contributed by atoms with van der Waals surface area (Å²) in [6.45, 7) is 0.344. The highest BCUT2D eigenvalue weighted by Crippen LogP contribution is 2.72. The van der Waals surface area contributed by atoms with Crippen LogP contribution in [0.3, 0.4) is 0 Å². The second-order valence-electron chi connectivity index (χ2n) is 3.61. The number of rotatable bonds is 1. The van der Waals surface area contributed by atoms with Crippen LogP contribution >= 0.6 is 0 Å². The van der Waals surface area contributed by atoms with Gasteiger partial charge in [0.25, 0.3) is 0 Å². The van der Waals surface area contributed by atoms with Gasteiger partial charge in [-0.25, -0.2) is 0 Å². The van der Waals surface area contributed by atoms with Gasteiger partial charge in [-0.2, -0.15) is 0 Å². The van der Waals surface area contributed by atoms with Crippen LogP contribution in [0.4, 0.5) is 0 Å². The molecule has 0 atom stereocenters. The molecular formula is C8H10O. The van der Waals surface area contributed by atoms with Gasteiger partial charge in [0.1, 0.15) is 0 Å². The fraction of sp³-hybridized carbons (Fsp3) is 0.750. The molecule has 0 amide bonds. The second kappa shape index (κ2) is 1.17. The predicted molar refractivity (Wildman–Crippen MR) is 34.6 cm³/mol. The Morgan fingerprint density at radius 2 is 2.00 bits per heavy atom. The van der Waals surface area contributed by atoms with Gasteiger partial charge in [-0.1, -0.05) is 5.92 Å². The van der Waals surface area contributed by atoms with Gasteiger partial charge in [0.05, 0.1) is 0 Å². The van der Waals surface area contributed by atoms with E-state index in [0.717, 1.165) is 19.3 Å². The van der Waals surface area contributed by atoms with Gasteiger partial charge >= 0.3 is 0 Å². The van der Waals surface area contributed by atoms with E-state index in [1.54, 1.807) is 0 Å². The van der Waals surface area contributed by atoms with Crippen molar-refractivity contribution in [2.45, 2.75) is 19.3 Å². The van der Waals surface area contributed by atoms with E-state index in [4.69, 9.17) is 11.5 Å². The van der Waals surface area contributed by atoms with Gasteiger partial charge in [-0.3, -0.25) is 0 Å². The Morgan fingerprint density at radius 3 is 2.33 bits per heavy atom. The third kappa shape index (κ3) is 0.414. The summed E-state index contributed by atoms with van der Waals surface area (Å²) in [5.74, 6) is 2.79. The van der Waals surface area contributed by atoms with Crippen molar-refractivity contribution < 1.29 is 5.11 Å². The zero-order valence-corrected chi connectivity index (χ0v) is 5.35. The Hall–Kier alpha value is -0.480. The molecule has 0 unspecified atom stereocenters. The van der Waals surface area contributed by atoms with Crippen LogP contribution in [0, 0.1) is 23.2 Å². The van der Waals surface area contributed by atoms with Crippen molar-refractivity contribution in [1.29, 1.82) is 0 Å². The molecular weight excluding hydrogens is 112 g/mol. The Bertz CT molecular complexity index is 167. The molecule has 0 heterocycles. The lowest BCUT2D eigenvalue weighted by atomic mass is 9.36. The molecule has 1 nitrogen and oxygen atoms in total. The van der Waals surface area contributed by atoms with Crippen LogP contribution in [0.5, 0.6) is 0 Å². The van der Waals surface area contributed by atoms with Crippen LogP contribution in [-0.4, -0.2) is 11.7 Å². The maximum Gasteiger partial charge on any atom is 0.0489 e. The first-order valence-corrected chi connectivity index (χ1v) is 3.33. The molecule has 1 N–H and O–H groups in total. The van der Waals surface area contributed by atoms with Crippen molar-refractivity contribution in [3.8, 4) is 12.3 Å². The molecule has 0 aromatic heterocycles. The normalized spacial score (nSPS) is 52.9. The molecule has 3 aliphatic carbocycles. The molecule has 2 bridgehead atoms. The monoisotopic (exact) mass is 122 g/mol. The van der Waals surface area contributed by atoms with Crippen molar-refractivity contribution in [1.82, 2.24) is 0 Å². The van der Waals surface area contributed by atoms with Crippen molar-refractivity contribution in [3.05, 3.63) is 0 Å². The van der Waals surface area contributed by atoms with Gasteiger partial charge in [0.2, 0.25) is 0 Å². The van der Waals surface area contributed by atoms with E-state index in [-0.39, 0.29) is 10.8 Å². The first-order chi connectivity index (χ1) is 4.24. The SMILES string of the molecule is C#CC12CC(CO)(C1)C2. The molecule has 3 aliphatic rings. The van der Waals surface area contributed by atoms with Crippen molar-refractivity contribution in [2.24, 2.45) is 10.8 Å². The summed E-state index contributed by atoms with van der Waals surface area (Å²) in [6.07, 6.45) is 8.52. The van der Waals surface area contributed by atoms with E-state index >= 15 is 0 Å². The van der Waals surface area contributed by atoms with Gasteiger partial charge in [-0.15, -0.1) is 6.42 Å². The molecule has 48 valence electrons. The third-order valence-corrected chi connectivity index (χ3v) is 2.78. The van der Waals surface area contributed by atoms with E-state index in [1.807, 2.05) is 0 Å². The lowest BCUT2D eigenvalue weighted by molar-refractivity contribution is -0.185. The first-order valence-electron chi connectivity index (χ1n) is 3.33. The summed E-state index contributed by atoms with van der Waals surface area (Å²) in [5.41, 5.74) is 0.523. The molecule has 3 rings (SSSR count). The summed E-state index contributed by atoms with van der Waals surface area (Å²) >= 11 is 0. The highest BCUT2D eigenvalue weighted by Gasteiger charge is 2.66. The van der Waals surface area contributed by atoms with Gasteiger partial charge in [-0.05, 0) is 24.7 Å². The number of aliphatic hydroxyl groups excluding tert-OH is 1. The van der Waals surface area contributed by atoms with Gasteiger partial charge in [0.15, 0.2) is 0 Å². The first kappa shape index (κ1) is 5.32. The molecule has 0 aliphatic heterocycles. The zero-order chi connectivity index (χ0) is 6.54. The number of aliphatic hydroxyl groups is 1. The summed E-state index contributed by atoms with van der Waals surface area (Å²) < 4.78 is 0. The Morgan fingerprint density at radius 1 is 1.44 bits per heavy atom. The highest BCUT2D eigenvalue weighted by atomic mass is 16.3. The molecule has 9 heavy (non-hydrogen) atoms. The maximum absolute atomic E-state index is 8.82. The summed E-state index contributed by atoms with van der Waals surface area (Å²) in [6, 6.07) is 0. The second-order valence-corrected chi connectivity index (χ2v) is 3.61. The Kier molecular flexibility index (Phi) is 0.692. The maximum atomic E-state index is 8.82. The topological polar surface area (TPSA) is 20.2 Å². The number of hydrogen-bond acceptors (Lipinski definition) is 1. The molecule has 1 heteroatoms. The van der Waals surface area contributed by atoms with Crippen LogP contribution < -0.4 is 0 Å². The smallest absolute Gasteiger partial charge is 0.0489 e. The minimum atomic E-state index is 0.239. The number of terminal acetylenes is 1. The molecule has 0 aromatic rings. The highest BCUT2D eigenvalue weighted by molar-refractivity contribution is 5.28. The van der Waals surface area contributed by atoms with Gasteiger partial charge in [0, 0.05) is 12.0 Å². The largest absolute Gasteiger partial charge is 0.396 e. The van der Waals surface area contributed by atoms with Crippen LogP contribution in [0.25, 0.3) is 0 Å². The van der Waals surface area contributed by atoms with Crippen LogP contribution in [0.2, 0.25) is 0 Å². The molecule has 0 saturated heterocycles. The predicted octanol–water partition coefficient (Wildman–Crippen LogP) is 0.782. The average molecular weight is 122 g/mol. The third-order valence-electron chi connectivity index (χ3n) is 2.78. The average Bonchev–Trinajstić information content (AvgIpc) is 1.62. The van der Waals surface area contributed by atoms with Crippen LogP contribution in [0.15, 0.2) is 0 Å². The Balaban J connectivity index is 2.06. The summed E-state index contributed by atoms with van der Waals surface area (Å²) in [4.78, 5) is 0. The minimum Gasteiger partial charge on any atom is -0.396 e. The number of hydrogen-bond donors (Lipinski definition) is 1. The molecule has 3 fully saturated rings. The minimum absolute atomic E-state index is 0.239. The van der Waals surface area contributed by atoms with Crippen molar-refractivity contribution in [2.75, 3.05) is 6.61 Å². The lowest BCUT2D eigenvalue weighted by Gasteiger charge is -2.67. The molecule has 0 aromatic carbocycles. The zero-order valence-electron chi connectivity index (χ0n) is 5.35. The molecule has 0 radical (unpaired) electrons.